The van der Waals surface area contributed by atoms with Crippen LogP contribution in [-0.4, -0.2) is 35.6 Å². The number of nitrogens with one attached hydrogen (secondary N) is 3. The van der Waals surface area contributed by atoms with E-state index in [0.29, 0.717) is 32.7 Å². The highest BCUT2D eigenvalue weighted by atomic mass is 35.5. The van der Waals surface area contributed by atoms with Crippen LogP contribution in [0.4, 0.5) is 15.2 Å². The molecule has 4 aromatic carbocycles. The van der Waals surface area contributed by atoms with Crippen molar-refractivity contribution in [3.63, 3.8) is 0 Å². The molecule has 5 rings (SSSR count). The molecule has 0 radical (unpaired) electrons. The number of methoxy groups -OCH3 is 1. The van der Waals surface area contributed by atoms with Crippen molar-refractivity contribution in [2.45, 2.75) is 4.90 Å². The number of nitrogens with zero attached hydrogens (tertiary/aromatic N) is 1. The van der Waals surface area contributed by atoms with Gasteiger partial charge in [-0.25, -0.2) is 9.37 Å². The summed E-state index contributed by atoms with van der Waals surface area (Å²) in [6.07, 6.45) is 1.19. The van der Waals surface area contributed by atoms with Gasteiger partial charge in [0.05, 0.1) is 23.6 Å². The van der Waals surface area contributed by atoms with Crippen LogP contribution in [0.5, 0.6) is 5.75 Å². The van der Waals surface area contributed by atoms with E-state index >= 15 is 0 Å². The minimum Gasteiger partial charge on any atom is -0.496 e. The summed E-state index contributed by atoms with van der Waals surface area (Å²) in [6, 6.07) is 26.8. The smallest absolute Gasteiger partial charge is 0.272 e. The topological polar surface area (TPSA) is 109 Å². The SMILES string of the molecule is COc1ccccc1-c1csc(NC(=O)CSc2cccc(NC(=O)/C(=C\c3c(F)cccc3Cl)NC(=O)c3ccccc3)c2)n1. The second-order valence-corrected chi connectivity index (χ2v) is 11.9. The number of thiazole rings is 1. The van der Waals surface area contributed by atoms with Crippen molar-refractivity contribution in [3.05, 3.63) is 130 Å². The predicted octanol–water partition coefficient (Wildman–Crippen LogP) is 7.75. The molecule has 1 heterocycles. The van der Waals surface area contributed by atoms with E-state index in [1.807, 2.05) is 29.6 Å². The van der Waals surface area contributed by atoms with Crippen LogP contribution in [0.25, 0.3) is 17.3 Å². The highest BCUT2D eigenvalue weighted by Gasteiger charge is 2.18. The molecule has 0 aliphatic rings. The van der Waals surface area contributed by atoms with Crippen LogP contribution < -0.4 is 20.7 Å². The van der Waals surface area contributed by atoms with Crippen LogP contribution in [0, 0.1) is 5.82 Å². The maximum Gasteiger partial charge on any atom is 0.272 e. The molecule has 3 amide bonds. The molecule has 0 fully saturated rings. The number of amides is 3. The van der Waals surface area contributed by atoms with E-state index in [4.69, 9.17) is 16.3 Å². The Kier molecular flexibility index (Phi) is 10.8. The third kappa shape index (κ3) is 8.39. The van der Waals surface area contributed by atoms with Crippen molar-refractivity contribution in [3.8, 4) is 17.0 Å². The molecule has 0 saturated carbocycles. The fraction of sp³-hybridized carbons (Fsp3) is 0.0588. The number of para-hydroxylation sites is 1. The lowest BCUT2D eigenvalue weighted by molar-refractivity contribution is -0.114. The number of aromatic nitrogens is 1. The summed E-state index contributed by atoms with van der Waals surface area (Å²) >= 11 is 8.76. The Hall–Kier alpha value is -4.97. The molecule has 0 atom stereocenters. The maximum atomic E-state index is 14.6. The van der Waals surface area contributed by atoms with Gasteiger partial charge in [-0.15, -0.1) is 23.1 Å². The van der Waals surface area contributed by atoms with Crippen LogP contribution in [0.15, 0.2) is 113 Å². The van der Waals surface area contributed by atoms with Gasteiger partial charge >= 0.3 is 0 Å². The zero-order valence-electron chi connectivity index (χ0n) is 24.3. The van der Waals surface area contributed by atoms with Crippen LogP contribution in [-0.2, 0) is 9.59 Å². The number of thioether (sulfide) groups is 1. The molecule has 232 valence electrons. The Morgan fingerprint density at radius 1 is 0.957 bits per heavy atom. The van der Waals surface area contributed by atoms with Gasteiger partial charge in [0.15, 0.2) is 5.13 Å². The number of benzene rings is 4. The van der Waals surface area contributed by atoms with Gasteiger partial charge in [0, 0.05) is 32.7 Å². The van der Waals surface area contributed by atoms with Crippen molar-refractivity contribution in [2.24, 2.45) is 0 Å². The molecule has 1 aromatic heterocycles. The van der Waals surface area contributed by atoms with Gasteiger partial charge in [-0.1, -0.05) is 54.1 Å². The average molecular weight is 673 g/mol. The second-order valence-electron chi connectivity index (χ2n) is 9.57. The molecular weight excluding hydrogens is 647 g/mol. The third-order valence-corrected chi connectivity index (χ3v) is 8.49. The first-order valence-electron chi connectivity index (χ1n) is 13.8. The van der Waals surface area contributed by atoms with Crippen molar-refractivity contribution in [1.82, 2.24) is 10.3 Å². The van der Waals surface area contributed by atoms with Crippen molar-refractivity contribution in [2.75, 3.05) is 23.5 Å². The van der Waals surface area contributed by atoms with Gasteiger partial charge < -0.3 is 20.7 Å². The fourth-order valence-electron chi connectivity index (χ4n) is 4.21. The van der Waals surface area contributed by atoms with Crippen molar-refractivity contribution in [1.29, 1.82) is 0 Å². The normalized spacial score (nSPS) is 11.1. The summed E-state index contributed by atoms with van der Waals surface area (Å²) in [7, 11) is 1.59. The second kappa shape index (κ2) is 15.3. The molecule has 12 heteroatoms. The molecule has 0 aliphatic heterocycles. The molecule has 3 N–H and O–H groups in total. The number of hydrogen-bond acceptors (Lipinski definition) is 7. The molecule has 0 spiro atoms. The van der Waals surface area contributed by atoms with Gasteiger partial charge in [0.2, 0.25) is 5.91 Å². The summed E-state index contributed by atoms with van der Waals surface area (Å²) in [5.74, 6) is -1.39. The van der Waals surface area contributed by atoms with Crippen LogP contribution in [0.2, 0.25) is 5.02 Å². The monoisotopic (exact) mass is 672 g/mol. The van der Waals surface area contributed by atoms with Crippen molar-refractivity contribution < 1.29 is 23.5 Å². The highest BCUT2D eigenvalue weighted by molar-refractivity contribution is 8.00. The van der Waals surface area contributed by atoms with E-state index in [2.05, 4.69) is 20.9 Å². The Balaban J connectivity index is 1.25. The maximum absolute atomic E-state index is 14.6. The lowest BCUT2D eigenvalue weighted by Gasteiger charge is -2.13. The molecule has 0 saturated heterocycles. The van der Waals surface area contributed by atoms with E-state index in [9.17, 15) is 18.8 Å². The van der Waals surface area contributed by atoms with Gasteiger partial charge in [0.25, 0.3) is 11.8 Å². The number of ether oxygens (including phenoxy) is 1. The zero-order valence-corrected chi connectivity index (χ0v) is 26.6. The molecule has 5 aromatic rings. The van der Waals surface area contributed by atoms with Gasteiger partial charge in [-0.3, -0.25) is 14.4 Å². The molecule has 0 unspecified atom stereocenters. The largest absolute Gasteiger partial charge is 0.496 e. The Labute approximate surface area is 277 Å². The standard InChI is InChI=1S/C34H26ClFN4O4S2/c1-44-30-16-6-5-13-24(30)29-19-46-34(39-29)40-31(41)20-45-23-12-7-11-22(17-23)37-33(43)28(18-25-26(35)14-8-15-27(25)36)38-32(42)21-9-3-2-4-10-21/h2-19H,20H2,1H3,(H,37,43)(H,38,42)(H,39,40,41)/b28-18+. The number of carbonyl (C=O) groups is 3. The van der Waals surface area contributed by atoms with E-state index in [1.54, 1.807) is 61.7 Å². The summed E-state index contributed by atoms with van der Waals surface area (Å²) < 4.78 is 20.0. The minimum atomic E-state index is -0.696. The average Bonchev–Trinajstić information content (AvgIpc) is 3.53. The molecule has 8 nitrogen and oxygen atoms in total. The lowest BCUT2D eigenvalue weighted by Crippen LogP contribution is -2.30. The summed E-state index contributed by atoms with van der Waals surface area (Å²) in [5, 5.41) is 10.5. The minimum absolute atomic E-state index is 0.0479. The van der Waals surface area contributed by atoms with Crippen LogP contribution in [0.3, 0.4) is 0 Å². The fourth-order valence-corrected chi connectivity index (χ4v) is 5.91. The molecule has 0 aliphatic carbocycles. The van der Waals surface area contributed by atoms with Gasteiger partial charge in [0.1, 0.15) is 17.3 Å². The Morgan fingerprint density at radius 2 is 1.72 bits per heavy atom. The van der Waals surface area contributed by atoms with Crippen LogP contribution in [0.1, 0.15) is 15.9 Å². The number of carbonyl (C=O) groups excluding carboxylic acids is 3. The summed E-state index contributed by atoms with van der Waals surface area (Å²) in [6.45, 7) is 0. The molecule has 46 heavy (non-hydrogen) atoms. The predicted molar refractivity (Wildman–Crippen MR) is 182 cm³/mol. The highest BCUT2D eigenvalue weighted by Crippen LogP contribution is 2.32. The van der Waals surface area contributed by atoms with E-state index in [0.717, 1.165) is 5.56 Å². The third-order valence-electron chi connectivity index (χ3n) is 6.41. The molecule has 0 bridgehead atoms. The Bertz CT molecular complexity index is 1900. The van der Waals surface area contributed by atoms with Crippen LogP contribution >= 0.6 is 34.7 Å². The first-order chi connectivity index (χ1) is 22.3. The Morgan fingerprint density at radius 3 is 2.50 bits per heavy atom. The number of rotatable bonds is 11. The lowest BCUT2D eigenvalue weighted by atomic mass is 10.1. The first kappa shape index (κ1) is 32.4. The van der Waals surface area contributed by atoms with E-state index in [1.165, 1.54) is 47.4 Å². The summed E-state index contributed by atoms with van der Waals surface area (Å²) in [5.41, 5.74) is 1.97. The van der Waals surface area contributed by atoms with E-state index in [-0.39, 0.29) is 27.9 Å². The van der Waals surface area contributed by atoms with E-state index < -0.39 is 17.6 Å². The van der Waals surface area contributed by atoms with Gasteiger partial charge in [-0.2, -0.15) is 0 Å². The zero-order chi connectivity index (χ0) is 32.5. The summed E-state index contributed by atoms with van der Waals surface area (Å²) in [4.78, 5) is 44.2. The first-order valence-corrected chi connectivity index (χ1v) is 16.0. The number of halogens is 2. The van der Waals surface area contributed by atoms with Crippen molar-refractivity contribution >= 4 is 69.3 Å². The number of anilines is 2. The molecular formula is C34H26ClFN4O4S2. The number of hydrogen-bond donors (Lipinski definition) is 3. The quantitative estimate of drug-likeness (QED) is 0.0978. The van der Waals surface area contributed by atoms with Gasteiger partial charge in [-0.05, 0) is 60.7 Å².